The average molecular weight is 255 g/mol. The standard InChI is InChI=1S/C13H16ClFN2/c1-9(17-8-13(2,3)7-16)10-4-5-11(14)12(15)6-10/h4-6,9,17H,8H2,1-3H3. The minimum atomic E-state index is -0.431. The lowest BCUT2D eigenvalue weighted by Gasteiger charge is -2.20. The van der Waals surface area contributed by atoms with E-state index in [0.717, 1.165) is 5.56 Å². The largest absolute Gasteiger partial charge is 0.309 e. The second kappa shape index (κ2) is 5.48. The van der Waals surface area contributed by atoms with Crippen molar-refractivity contribution >= 4 is 11.6 Å². The number of hydrogen-bond donors (Lipinski definition) is 1. The van der Waals surface area contributed by atoms with E-state index >= 15 is 0 Å². The highest BCUT2D eigenvalue weighted by Crippen LogP contribution is 2.21. The molecular formula is C13H16ClFN2. The fraction of sp³-hybridized carbons (Fsp3) is 0.462. The molecule has 1 aromatic rings. The number of benzene rings is 1. The topological polar surface area (TPSA) is 35.8 Å². The van der Waals surface area contributed by atoms with Gasteiger partial charge in [0.25, 0.3) is 0 Å². The summed E-state index contributed by atoms with van der Waals surface area (Å²) in [6.07, 6.45) is 0. The van der Waals surface area contributed by atoms with Crippen molar-refractivity contribution < 1.29 is 4.39 Å². The van der Waals surface area contributed by atoms with E-state index in [1.165, 1.54) is 6.07 Å². The van der Waals surface area contributed by atoms with Crippen molar-refractivity contribution in [2.75, 3.05) is 6.54 Å². The molecule has 0 fully saturated rings. The van der Waals surface area contributed by atoms with Crippen molar-refractivity contribution in [3.05, 3.63) is 34.6 Å². The predicted octanol–water partition coefficient (Wildman–Crippen LogP) is 3.68. The van der Waals surface area contributed by atoms with Gasteiger partial charge in [-0.15, -0.1) is 0 Å². The smallest absolute Gasteiger partial charge is 0.142 e. The van der Waals surface area contributed by atoms with Crippen LogP contribution in [-0.4, -0.2) is 6.54 Å². The quantitative estimate of drug-likeness (QED) is 0.890. The Hall–Kier alpha value is -1.11. The Morgan fingerprint density at radius 3 is 2.71 bits per heavy atom. The van der Waals surface area contributed by atoms with E-state index in [1.807, 2.05) is 20.8 Å². The summed E-state index contributed by atoms with van der Waals surface area (Å²) in [7, 11) is 0. The number of nitriles is 1. The Morgan fingerprint density at radius 2 is 2.18 bits per heavy atom. The molecule has 0 radical (unpaired) electrons. The molecule has 1 unspecified atom stereocenters. The Morgan fingerprint density at radius 1 is 1.53 bits per heavy atom. The molecule has 4 heteroatoms. The molecule has 0 bridgehead atoms. The summed E-state index contributed by atoms with van der Waals surface area (Å²) in [5.41, 5.74) is 0.389. The summed E-state index contributed by atoms with van der Waals surface area (Å²) < 4.78 is 13.3. The van der Waals surface area contributed by atoms with Crippen molar-refractivity contribution in [1.29, 1.82) is 5.26 Å². The highest BCUT2D eigenvalue weighted by atomic mass is 35.5. The molecule has 0 aromatic heterocycles. The number of nitrogens with zero attached hydrogens (tertiary/aromatic N) is 1. The SMILES string of the molecule is CC(NCC(C)(C)C#N)c1ccc(Cl)c(F)c1. The molecule has 0 amide bonds. The molecule has 92 valence electrons. The van der Waals surface area contributed by atoms with Crippen LogP contribution >= 0.6 is 11.6 Å². The third-order valence-electron chi connectivity index (χ3n) is 2.60. The zero-order valence-corrected chi connectivity index (χ0v) is 11.0. The average Bonchev–Trinajstić information content (AvgIpc) is 2.30. The fourth-order valence-corrected chi connectivity index (χ4v) is 1.46. The summed E-state index contributed by atoms with van der Waals surface area (Å²) in [4.78, 5) is 0. The van der Waals surface area contributed by atoms with Crippen LogP contribution in [0.2, 0.25) is 5.02 Å². The summed E-state index contributed by atoms with van der Waals surface area (Å²) >= 11 is 5.62. The van der Waals surface area contributed by atoms with E-state index in [4.69, 9.17) is 16.9 Å². The van der Waals surface area contributed by atoms with Crippen LogP contribution < -0.4 is 5.32 Å². The van der Waals surface area contributed by atoms with Crippen molar-refractivity contribution in [3.8, 4) is 6.07 Å². The summed E-state index contributed by atoms with van der Waals surface area (Å²) in [5.74, 6) is -0.419. The van der Waals surface area contributed by atoms with Crippen molar-refractivity contribution in [3.63, 3.8) is 0 Å². The van der Waals surface area contributed by atoms with Gasteiger partial charge < -0.3 is 5.32 Å². The zero-order valence-electron chi connectivity index (χ0n) is 10.2. The van der Waals surface area contributed by atoms with Crippen LogP contribution in [0.1, 0.15) is 32.4 Å². The van der Waals surface area contributed by atoms with Crippen molar-refractivity contribution in [1.82, 2.24) is 5.32 Å². The van der Waals surface area contributed by atoms with Crippen molar-refractivity contribution in [2.45, 2.75) is 26.8 Å². The van der Waals surface area contributed by atoms with Crippen LogP contribution in [0.25, 0.3) is 0 Å². The van der Waals surface area contributed by atoms with E-state index in [9.17, 15) is 4.39 Å². The summed E-state index contributed by atoms with van der Waals surface area (Å²) in [5, 5.41) is 12.2. The molecule has 0 heterocycles. The van der Waals surface area contributed by atoms with Gasteiger partial charge in [0.05, 0.1) is 16.5 Å². The maximum Gasteiger partial charge on any atom is 0.142 e. The summed E-state index contributed by atoms with van der Waals surface area (Å²) in [6, 6.07) is 6.93. The van der Waals surface area contributed by atoms with E-state index in [-0.39, 0.29) is 11.1 Å². The Balaban J connectivity index is 2.68. The van der Waals surface area contributed by atoms with Crippen LogP contribution in [0.3, 0.4) is 0 Å². The highest BCUT2D eigenvalue weighted by Gasteiger charge is 2.18. The van der Waals surface area contributed by atoms with Crippen LogP contribution in [0.4, 0.5) is 4.39 Å². The van der Waals surface area contributed by atoms with Gasteiger partial charge in [0, 0.05) is 12.6 Å². The minimum absolute atomic E-state index is 0.0191. The zero-order chi connectivity index (χ0) is 13.1. The van der Waals surface area contributed by atoms with Crippen LogP contribution in [-0.2, 0) is 0 Å². The van der Waals surface area contributed by atoms with Crippen LogP contribution in [0.15, 0.2) is 18.2 Å². The van der Waals surface area contributed by atoms with Crippen LogP contribution in [0, 0.1) is 22.6 Å². The van der Waals surface area contributed by atoms with Gasteiger partial charge in [-0.05, 0) is 38.5 Å². The Bertz CT molecular complexity index is 438. The first-order valence-electron chi connectivity index (χ1n) is 5.45. The first-order valence-corrected chi connectivity index (χ1v) is 5.83. The Labute approximate surface area is 106 Å². The third-order valence-corrected chi connectivity index (χ3v) is 2.90. The number of nitrogens with one attached hydrogen (secondary N) is 1. The molecule has 0 aliphatic rings. The molecule has 0 aliphatic carbocycles. The second-order valence-electron chi connectivity index (χ2n) is 4.77. The number of hydrogen-bond acceptors (Lipinski definition) is 2. The molecule has 1 atom stereocenters. The van der Waals surface area contributed by atoms with E-state index in [2.05, 4.69) is 11.4 Å². The van der Waals surface area contributed by atoms with Gasteiger partial charge in [-0.1, -0.05) is 17.7 Å². The second-order valence-corrected chi connectivity index (χ2v) is 5.18. The first kappa shape index (κ1) is 14.0. The number of halogens is 2. The molecule has 0 aliphatic heterocycles. The molecule has 0 spiro atoms. The van der Waals surface area contributed by atoms with Gasteiger partial charge >= 0.3 is 0 Å². The summed E-state index contributed by atoms with van der Waals surface area (Å²) in [6.45, 7) is 6.19. The molecule has 2 nitrogen and oxygen atoms in total. The van der Waals surface area contributed by atoms with Crippen molar-refractivity contribution in [2.24, 2.45) is 5.41 Å². The van der Waals surface area contributed by atoms with E-state index in [0.29, 0.717) is 6.54 Å². The third kappa shape index (κ3) is 3.99. The molecular weight excluding hydrogens is 239 g/mol. The molecule has 1 N–H and O–H groups in total. The van der Waals surface area contributed by atoms with E-state index in [1.54, 1.807) is 12.1 Å². The number of rotatable bonds is 4. The molecule has 1 aromatic carbocycles. The van der Waals surface area contributed by atoms with Gasteiger partial charge in [-0.25, -0.2) is 4.39 Å². The van der Waals surface area contributed by atoms with Gasteiger partial charge in [0.2, 0.25) is 0 Å². The molecule has 17 heavy (non-hydrogen) atoms. The molecule has 0 saturated heterocycles. The minimum Gasteiger partial charge on any atom is -0.309 e. The van der Waals surface area contributed by atoms with Gasteiger partial charge in [0.15, 0.2) is 0 Å². The Kier molecular flexibility index (Phi) is 4.50. The van der Waals surface area contributed by atoms with Crippen LogP contribution in [0.5, 0.6) is 0 Å². The molecule has 0 saturated carbocycles. The normalized spacial score (nSPS) is 13.2. The predicted molar refractivity (Wildman–Crippen MR) is 67.2 cm³/mol. The highest BCUT2D eigenvalue weighted by molar-refractivity contribution is 6.30. The van der Waals surface area contributed by atoms with Gasteiger partial charge in [-0.3, -0.25) is 0 Å². The lowest BCUT2D eigenvalue weighted by molar-refractivity contribution is 0.414. The maximum atomic E-state index is 13.3. The lowest BCUT2D eigenvalue weighted by Crippen LogP contribution is -2.30. The lowest BCUT2D eigenvalue weighted by atomic mass is 9.95. The molecule has 1 rings (SSSR count). The first-order chi connectivity index (χ1) is 7.85. The van der Waals surface area contributed by atoms with Gasteiger partial charge in [-0.2, -0.15) is 5.26 Å². The fourth-order valence-electron chi connectivity index (χ4n) is 1.35. The van der Waals surface area contributed by atoms with Gasteiger partial charge in [0.1, 0.15) is 5.82 Å². The maximum absolute atomic E-state index is 13.3. The monoisotopic (exact) mass is 254 g/mol. The van der Waals surface area contributed by atoms with E-state index < -0.39 is 11.2 Å².